The predicted molar refractivity (Wildman–Crippen MR) is 99.9 cm³/mol. The van der Waals surface area contributed by atoms with Crippen molar-refractivity contribution < 1.29 is 9.59 Å². The van der Waals surface area contributed by atoms with Gasteiger partial charge in [0.15, 0.2) is 0 Å². The molecule has 3 heterocycles. The molecule has 2 aliphatic rings. The Morgan fingerprint density at radius 3 is 2.89 bits per heavy atom. The van der Waals surface area contributed by atoms with Gasteiger partial charge >= 0.3 is 0 Å². The molecule has 0 bridgehead atoms. The van der Waals surface area contributed by atoms with Crippen LogP contribution in [0, 0.1) is 12.3 Å². The maximum atomic E-state index is 13.3. The second kappa shape index (κ2) is 7.11. The molecule has 2 aromatic heterocycles. The van der Waals surface area contributed by atoms with Crippen molar-refractivity contribution in [2.45, 2.75) is 32.4 Å². The van der Waals surface area contributed by atoms with Gasteiger partial charge in [0.2, 0.25) is 11.8 Å². The molecule has 1 saturated carbocycles. The molecule has 0 spiro atoms. The summed E-state index contributed by atoms with van der Waals surface area (Å²) in [6, 6.07) is 5.00. The van der Waals surface area contributed by atoms with Gasteiger partial charge in [-0.2, -0.15) is 5.10 Å². The molecule has 2 fully saturated rings. The molecule has 1 atom stereocenters. The van der Waals surface area contributed by atoms with E-state index in [4.69, 9.17) is 0 Å². The highest BCUT2D eigenvalue weighted by atomic mass is 16.2. The first kappa shape index (κ1) is 17.7. The molecule has 1 unspecified atom stereocenters. The number of piperazine rings is 1. The highest BCUT2D eigenvalue weighted by Gasteiger charge is 2.53. The van der Waals surface area contributed by atoms with Gasteiger partial charge in [0, 0.05) is 37.7 Å². The lowest BCUT2D eigenvalue weighted by atomic mass is 10.0. The monoisotopic (exact) mass is 368 g/mol. The zero-order chi connectivity index (χ0) is 18.9. The molecule has 2 amide bonds. The number of pyridine rings is 1. The lowest BCUT2D eigenvalue weighted by Crippen LogP contribution is -2.60. The third-order valence-corrected chi connectivity index (χ3v) is 5.32. The van der Waals surface area contributed by atoms with Crippen LogP contribution in [0.15, 0.2) is 36.8 Å². The van der Waals surface area contributed by atoms with Crippen LogP contribution in [0.4, 0.5) is 5.69 Å². The summed E-state index contributed by atoms with van der Waals surface area (Å²) in [6.45, 7) is 4.14. The molecule has 27 heavy (non-hydrogen) atoms. The standard InChI is InChI=1S/C19H24N6O2/c1-14-3-4-15(11-21-14)23-17(26)16-12-20-8-10-25(16)18(27)19(5-6-19)13-24-9-2-7-22-24/h2-4,7,9,11,16,20H,5-6,8,10,12-13H2,1H3,(H,23,26). The summed E-state index contributed by atoms with van der Waals surface area (Å²) in [7, 11) is 0. The molecule has 0 aromatic carbocycles. The first-order valence-corrected chi connectivity index (χ1v) is 9.30. The quantitative estimate of drug-likeness (QED) is 0.815. The van der Waals surface area contributed by atoms with Crippen LogP contribution < -0.4 is 10.6 Å². The fourth-order valence-electron chi connectivity index (χ4n) is 3.55. The Labute approximate surface area is 158 Å². The van der Waals surface area contributed by atoms with Crippen molar-refractivity contribution >= 4 is 17.5 Å². The van der Waals surface area contributed by atoms with Crippen LogP contribution in [0.1, 0.15) is 18.5 Å². The normalized spacial score (nSPS) is 20.9. The molecule has 0 radical (unpaired) electrons. The number of carbonyl (C=O) groups is 2. The first-order chi connectivity index (χ1) is 13.1. The Hall–Kier alpha value is -2.74. The van der Waals surface area contributed by atoms with Crippen LogP contribution in [-0.2, 0) is 16.1 Å². The van der Waals surface area contributed by atoms with E-state index in [0.717, 1.165) is 18.5 Å². The Morgan fingerprint density at radius 2 is 2.22 bits per heavy atom. The molecule has 4 rings (SSSR count). The van der Waals surface area contributed by atoms with E-state index in [2.05, 4.69) is 20.7 Å². The van der Waals surface area contributed by atoms with Crippen molar-refractivity contribution in [3.05, 3.63) is 42.5 Å². The van der Waals surface area contributed by atoms with Crippen molar-refractivity contribution in [3.63, 3.8) is 0 Å². The zero-order valence-corrected chi connectivity index (χ0v) is 15.4. The largest absolute Gasteiger partial charge is 0.328 e. The van der Waals surface area contributed by atoms with Gasteiger partial charge in [0.1, 0.15) is 6.04 Å². The van der Waals surface area contributed by atoms with Crippen molar-refractivity contribution in [2.24, 2.45) is 5.41 Å². The van der Waals surface area contributed by atoms with Crippen LogP contribution in [-0.4, -0.2) is 57.2 Å². The van der Waals surface area contributed by atoms with E-state index < -0.39 is 11.5 Å². The lowest BCUT2D eigenvalue weighted by molar-refractivity contribution is -0.145. The minimum atomic E-state index is -0.525. The second-order valence-electron chi connectivity index (χ2n) is 7.38. The Bertz CT molecular complexity index is 813. The van der Waals surface area contributed by atoms with Crippen LogP contribution in [0.5, 0.6) is 0 Å². The van der Waals surface area contributed by atoms with E-state index >= 15 is 0 Å². The molecule has 1 saturated heterocycles. The van der Waals surface area contributed by atoms with Crippen molar-refractivity contribution in [1.29, 1.82) is 0 Å². The van der Waals surface area contributed by atoms with Gasteiger partial charge in [-0.1, -0.05) is 0 Å². The third-order valence-electron chi connectivity index (χ3n) is 5.32. The summed E-state index contributed by atoms with van der Waals surface area (Å²) in [5.74, 6) is -0.127. The van der Waals surface area contributed by atoms with Crippen LogP contribution in [0.3, 0.4) is 0 Å². The number of nitrogens with one attached hydrogen (secondary N) is 2. The molecular formula is C19H24N6O2. The van der Waals surface area contributed by atoms with Crippen LogP contribution in [0.25, 0.3) is 0 Å². The molecule has 2 N–H and O–H groups in total. The minimum Gasteiger partial charge on any atom is -0.328 e. The van der Waals surface area contributed by atoms with Gasteiger partial charge in [-0.25, -0.2) is 0 Å². The number of aryl methyl sites for hydroxylation is 1. The van der Waals surface area contributed by atoms with Crippen molar-refractivity contribution in [2.75, 3.05) is 25.0 Å². The van der Waals surface area contributed by atoms with Gasteiger partial charge in [-0.3, -0.25) is 19.3 Å². The van der Waals surface area contributed by atoms with Crippen LogP contribution in [0.2, 0.25) is 0 Å². The fourth-order valence-corrected chi connectivity index (χ4v) is 3.55. The van der Waals surface area contributed by atoms with E-state index in [0.29, 0.717) is 31.9 Å². The molecule has 8 heteroatoms. The topological polar surface area (TPSA) is 92.2 Å². The highest BCUT2D eigenvalue weighted by Crippen LogP contribution is 2.49. The second-order valence-corrected chi connectivity index (χ2v) is 7.38. The maximum absolute atomic E-state index is 13.3. The summed E-state index contributed by atoms with van der Waals surface area (Å²) in [4.78, 5) is 32.1. The smallest absolute Gasteiger partial charge is 0.248 e. The van der Waals surface area contributed by atoms with E-state index in [1.807, 2.05) is 31.3 Å². The Kier molecular flexibility index (Phi) is 4.65. The number of nitrogens with zero attached hydrogens (tertiary/aromatic N) is 4. The van der Waals surface area contributed by atoms with Crippen molar-refractivity contribution in [3.8, 4) is 0 Å². The zero-order valence-electron chi connectivity index (χ0n) is 15.4. The average Bonchev–Trinajstić information content (AvgIpc) is 3.28. The summed E-state index contributed by atoms with van der Waals surface area (Å²) in [6.07, 6.45) is 6.91. The molecule has 142 valence electrons. The SMILES string of the molecule is Cc1ccc(NC(=O)C2CNCCN2C(=O)C2(Cn3cccn3)CC2)cn1. The minimum absolute atomic E-state index is 0.0571. The number of anilines is 1. The molecular weight excluding hydrogens is 344 g/mol. The predicted octanol–water partition coefficient (Wildman–Crippen LogP) is 0.806. The van der Waals surface area contributed by atoms with E-state index in [9.17, 15) is 9.59 Å². The number of rotatable bonds is 5. The van der Waals surface area contributed by atoms with E-state index in [-0.39, 0.29) is 11.8 Å². The number of hydrogen-bond donors (Lipinski definition) is 2. The number of amides is 2. The number of hydrogen-bond acceptors (Lipinski definition) is 5. The molecule has 8 nitrogen and oxygen atoms in total. The van der Waals surface area contributed by atoms with Gasteiger partial charge in [0.05, 0.1) is 23.8 Å². The molecule has 1 aliphatic heterocycles. The Morgan fingerprint density at radius 1 is 1.37 bits per heavy atom. The third kappa shape index (κ3) is 3.71. The van der Waals surface area contributed by atoms with Crippen molar-refractivity contribution in [1.82, 2.24) is 25.0 Å². The van der Waals surface area contributed by atoms with Crippen LogP contribution >= 0.6 is 0 Å². The highest BCUT2D eigenvalue weighted by molar-refractivity contribution is 5.98. The van der Waals surface area contributed by atoms with Gasteiger partial charge in [-0.05, 0) is 38.0 Å². The van der Waals surface area contributed by atoms with E-state index in [1.54, 1.807) is 22.0 Å². The maximum Gasteiger partial charge on any atom is 0.248 e. The number of carbonyl (C=O) groups excluding carboxylic acids is 2. The van der Waals surface area contributed by atoms with E-state index in [1.165, 1.54) is 0 Å². The van der Waals surface area contributed by atoms with Gasteiger partial charge < -0.3 is 15.5 Å². The molecule has 1 aliphatic carbocycles. The summed E-state index contributed by atoms with van der Waals surface area (Å²) >= 11 is 0. The van der Waals surface area contributed by atoms with Gasteiger partial charge in [-0.15, -0.1) is 0 Å². The number of aromatic nitrogens is 3. The summed E-state index contributed by atoms with van der Waals surface area (Å²) in [5.41, 5.74) is 1.10. The molecule has 2 aromatic rings. The summed E-state index contributed by atoms with van der Waals surface area (Å²) < 4.78 is 1.81. The fraction of sp³-hybridized carbons (Fsp3) is 0.474. The van der Waals surface area contributed by atoms with Gasteiger partial charge in [0.25, 0.3) is 0 Å². The summed E-state index contributed by atoms with van der Waals surface area (Å²) in [5, 5.41) is 10.3. The Balaban J connectivity index is 1.47. The lowest BCUT2D eigenvalue weighted by Gasteiger charge is -2.37. The first-order valence-electron chi connectivity index (χ1n) is 9.30. The average molecular weight is 368 g/mol.